The highest BCUT2D eigenvalue weighted by Gasteiger charge is 2.17. The van der Waals surface area contributed by atoms with E-state index in [4.69, 9.17) is 4.74 Å². The second-order valence-electron chi connectivity index (χ2n) is 3.99. The van der Waals surface area contributed by atoms with E-state index in [1.165, 1.54) is 7.11 Å². The fourth-order valence-electron chi connectivity index (χ4n) is 1.83. The van der Waals surface area contributed by atoms with Crippen molar-refractivity contribution in [2.24, 2.45) is 0 Å². The number of aliphatic hydroxyl groups is 1. The molecular formula is C14H11BrF2O2. The van der Waals surface area contributed by atoms with Gasteiger partial charge in [-0.3, -0.25) is 0 Å². The smallest absolute Gasteiger partial charge is 0.126 e. The van der Waals surface area contributed by atoms with E-state index >= 15 is 0 Å². The third kappa shape index (κ3) is 3.11. The first-order chi connectivity index (χ1) is 9.01. The van der Waals surface area contributed by atoms with E-state index in [1.807, 2.05) is 0 Å². The van der Waals surface area contributed by atoms with Crippen LogP contribution in [-0.4, -0.2) is 12.2 Å². The Morgan fingerprint density at radius 1 is 1.11 bits per heavy atom. The van der Waals surface area contributed by atoms with E-state index in [9.17, 15) is 13.9 Å². The quantitative estimate of drug-likeness (QED) is 0.928. The van der Waals surface area contributed by atoms with Crippen molar-refractivity contribution in [1.29, 1.82) is 0 Å². The first-order valence-electron chi connectivity index (χ1n) is 5.48. The van der Waals surface area contributed by atoms with Crippen LogP contribution in [0.2, 0.25) is 0 Å². The highest BCUT2D eigenvalue weighted by atomic mass is 79.9. The van der Waals surface area contributed by atoms with Gasteiger partial charge in [0.25, 0.3) is 0 Å². The standard InChI is InChI=1S/C14H11BrF2O2/c1-19-13-3-2-9(15)6-12(13)14(18)8-4-10(16)7-11(17)5-8/h2-7,14,18H,1H3. The molecule has 100 valence electrons. The summed E-state index contributed by atoms with van der Waals surface area (Å²) in [6.07, 6.45) is -1.17. The van der Waals surface area contributed by atoms with Gasteiger partial charge in [-0.2, -0.15) is 0 Å². The van der Waals surface area contributed by atoms with Gasteiger partial charge in [-0.1, -0.05) is 15.9 Å². The van der Waals surface area contributed by atoms with E-state index in [2.05, 4.69) is 15.9 Å². The lowest BCUT2D eigenvalue weighted by Gasteiger charge is -2.15. The van der Waals surface area contributed by atoms with Crippen molar-refractivity contribution < 1.29 is 18.6 Å². The van der Waals surface area contributed by atoms with Gasteiger partial charge in [-0.05, 0) is 35.9 Å². The summed E-state index contributed by atoms with van der Waals surface area (Å²) < 4.78 is 32.2. The van der Waals surface area contributed by atoms with Crippen LogP contribution in [0.5, 0.6) is 5.75 Å². The Bertz CT molecular complexity index is 582. The summed E-state index contributed by atoms with van der Waals surface area (Å²) in [5.41, 5.74) is 0.566. The minimum atomic E-state index is -1.17. The summed E-state index contributed by atoms with van der Waals surface area (Å²) in [6.45, 7) is 0. The second kappa shape index (κ2) is 5.67. The van der Waals surface area contributed by atoms with Crippen molar-refractivity contribution in [2.75, 3.05) is 7.11 Å². The normalized spacial score (nSPS) is 12.3. The molecule has 2 aromatic rings. The molecule has 1 unspecified atom stereocenters. The van der Waals surface area contributed by atoms with Gasteiger partial charge in [0.05, 0.1) is 7.11 Å². The van der Waals surface area contributed by atoms with Gasteiger partial charge in [0, 0.05) is 16.1 Å². The molecule has 0 aliphatic carbocycles. The Balaban J connectivity index is 2.48. The molecule has 2 aromatic carbocycles. The highest BCUT2D eigenvalue weighted by molar-refractivity contribution is 9.10. The Morgan fingerprint density at radius 2 is 1.74 bits per heavy atom. The molecule has 0 saturated carbocycles. The number of ether oxygens (including phenoxy) is 1. The number of methoxy groups -OCH3 is 1. The molecule has 0 aliphatic heterocycles. The zero-order valence-corrected chi connectivity index (χ0v) is 11.6. The SMILES string of the molecule is COc1ccc(Br)cc1C(O)c1cc(F)cc(F)c1. The maximum Gasteiger partial charge on any atom is 0.126 e. The minimum Gasteiger partial charge on any atom is -0.496 e. The molecule has 1 N–H and O–H groups in total. The molecule has 0 aromatic heterocycles. The number of benzene rings is 2. The molecule has 0 radical (unpaired) electrons. The van der Waals surface area contributed by atoms with Crippen molar-refractivity contribution in [3.8, 4) is 5.75 Å². The van der Waals surface area contributed by atoms with Crippen LogP contribution in [0.15, 0.2) is 40.9 Å². The third-order valence-electron chi connectivity index (χ3n) is 2.69. The van der Waals surface area contributed by atoms with Crippen molar-refractivity contribution in [3.05, 3.63) is 63.6 Å². The van der Waals surface area contributed by atoms with Crippen LogP contribution < -0.4 is 4.74 Å². The van der Waals surface area contributed by atoms with E-state index < -0.39 is 17.7 Å². The van der Waals surface area contributed by atoms with E-state index in [1.54, 1.807) is 18.2 Å². The number of aliphatic hydroxyl groups excluding tert-OH is 1. The topological polar surface area (TPSA) is 29.5 Å². The summed E-state index contributed by atoms with van der Waals surface area (Å²) in [7, 11) is 1.46. The summed E-state index contributed by atoms with van der Waals surface area (Å²) in [4.78, 5) is 0. The Morgan fingerprint density at radius 3 is 2.32 bits per heavy atom. The summed E-state index contributed by atoms with van der Waals surface area (Å²) in [5, 5.41) is 10.2. The van der Waals surface area contributed by atoms with Crippen molar-refractivity contribution in [3.63, 3.8) is 0 Å². The van der Waals surface area contributed by atoms with Gasteiger partial charge in [-0.25, -0.2) is 8.78 Å². The predicted octanol–water partition coefficient (Wildman–Crippen LogP) is 3.82. The molecule has 0 bridgehead atoms. The molecule has 0 heterocycles. The average Bonchev–Trinajstić information content (AvgIpc) is 2.36. The van der Waals surface area contributed by atoms with Crippen molar-refractivity contribution >= 4 is 15.9 Å². The van der Waals surface area contributed by atoms with Crippen LogP contribution in [0.25, 0.3) is 0 Å². The molecule has 2 rings (SSSR count). The van der Waals surface area contributed by atoms with Crippen LogP contribution in [0.3, 0.4) is 0 Å². The molecule has 2 nitrogen and oxygen atoms in total. The lowest BCUT2D eigenvalue weighted by molar-refractivity contribution is 0.213. The Kier molecular flexibility index (Phi) is 4.17. The molecule has 0 amide bonds. The fourth-order valence-corrected chi connectivity index (χ4v) is 2.21. The molecule has 0 saturated heterocycles. The number of halogens is 3. The van der Waals surface area contributed by atoms with Crippen LogP contribution in [0.1, 0.15) is 17.2 Å². The Labute approximate surface area is 117 Å². The maximum absolute atomic E-state index is 13.2. The predicted molar refractivity (Wildman–Crippen MR) is 71.1 cm³/mol. The van der Waals surface area contributed by atoms with E-state index in [-0.39, 0.29) is 5.56 Å². The first-order valence-corrected chi connectivity index (χ1v) is 6.28. The summed E-state index contributed by atoms with van der Waals surface area (Å²) in [5.74, 6) is -1.02. The third-order valence-corrected chi connectivity index (χ3v) is 3.18. The monoisotopic (exact) mass is 328 g/mol. The van der Waals surface area contributed by atoms with E-state index in [0.717, 1.165) is 22.7 Å². The number of hydrogen-bond acceptors (Lipinski definition) is 2. The van der Waals surface area contributed by atoms with Gasteiger partial charge in [0.1, 0.15) is 23.5 Å². The van der Waals surface area contributed by atoms with Gasteiger partial charge in [0.2, 0.25) is 0 Å². The van der Waals surface area contributed by atoms with Crippen molar-refractivity contribution in [2.45, 2.75) is 6.10 Å². The highest BCUT2D eigenvalue weighted by Crippen LogP contribution is 2.32. The molecule has 19 heavy (non-hydrogen) atoms. The number of hydrogen-bond donors (Lipinski definition) is 1. The maximum atomic E-state index is 13.2. The lowest BCUT2D eigenvalue weighted by atomic mass is 10.0. The first kappa shape index (κ1) is 14.0. The van der Waals surface area contributed by atoms with Crippen LogP contribution in [0, 0.1) is 11.6 Å². The van der Waals surface area contributed by atoms with Crippen LogP contribution in [0.4, 0.5) is 8.78 Å². The molecule has 0 aliphatic rings. The molecule has 0 spiro atoms. The molecule has 1 atom stereocenters. The largest absolute Gasteiger partial charge is 0.496 e. The second-order valence-corrected chi connectivity index (χ2v) is 4.91. The van der Waals surface area contributed by atoms with E-state index in [0.29, 0.717) is 11.3 Å². The van der Waals surface area contributed by atoms with Crippen LogP contribution in [-0.2, 0) is 0 Å². The zero-order valence-electron chi connectivity index (χ0n) is 10.0. The Hall–Kier alpha value is -1.46. The minimum absolute atomic E-state index is 0.133. The van der Waals surface area contributed by atoms with Gasteiger partial charge < -0.3 is 9.84 Å². The summed E-state index contributed by atoms with van der Waals surface area (Å²) in [6, 6.07) is 8.00. The zero-order chi connectivity index (χ0) is 14.0. The van der Waals surface area contributed by atoms with Crippen LogP contribution >= 0.6 is 15.9 Å². The summed E-state index contributed by atoms with van der Waals surface area (Å²) >= 11 is 3.28. The van der Waals surface area contributed by atoms with Gasteiger partial charge in [-0.15, -0.1) is 0 Å². The van der Waals surface area contributed by atoms with Crippen molar-refractivity contribution in [1.82, 2.24) is 0 Å². The van der Waals surface area contributed by atoms with Gasteiger partial charge in [0.15, 0.2) is 0 Å². The fraction of sp³-hybridized carbons (Fsp3) is 0.143. The molecular weight excluding hydrogens is 318 g/mol. The molecule has 0 fully saturated rings. The average molecular weight is 329 g/mol. The lowest BCUT2D eigenvalue weighted by Crippen LogP contribution is -2.03. The molecule has 5 heteroatoms. The number of rotatable bonds is 3. The van der Waals surface area contributed by atoms with Gasteiger partial charge >= 0.3 is 0 Å².